The zero-order valence-electron chi connectivity index (χ0n) is 14.3. The molecule has 0 atom stereocenters. The summed E-state index contributed by atoms with van der Waals surface area (Å²) in [4.78, 5) is 17.7. The van der Waals surface area contributed by atoms with Crippen LogP contribution in [-0.2, 0) is 0 Å². The van der Waals surface area contributed by atoms with E-state index in [0.29, 0.717) is 41.8 Å². The Balaban J connectivity index is 1.39. The number of thiophene rings is 1. The summed E-state index contributed by atoms with van der Waals surface area (Å²) in [5.74, 6) is 0.796. The molecule has 5 nitrogen and oxygen atoms in total. The maximum absolute atomic E-state index is 12.7. The number of hydrogen-bond acceptors (Lipinski definition) is 5. The van der Waals surface area contributed by atoms with Gasteiger partial charge in [0, 0.05) is 31.7 Å². The molecule has 1 saturated heterocycles. The Bertz CT molecular complexity index is 939. The molecule has 0 N–H and O–H groups in total. The van der Waals surface area contributed by atoms with Crippen molar-refractivity contribution in [1.82, 2.24) is 15.1 Å². The molecule has 1 aromatic carbocycles. The maximum atomic E-state index is 12.7. The van der Waals surface area contributed by atoms with Gasteiger partial charge in [0.05, 0.1) is 14.9 Å². The molecular formula is C19H16Cl2N4OS. The molecule has 0 aliphatic carbocycles. The molecule has 2 aromatic heterocycles. The fraction of sp³-hybridized carbons (Fsp3) is 0.211. The van der Waals surface area contributed by atoms with E-state index in [4.69, 9.17) is 23.2 Å². The number of piperazine rings is 1. The van der Waals surface area contributed by atoms with Crippen molar-refractivity contribution >= 4 is 46.3 Å². The minimum Gasteiger partial charge on any atom is -0.352 e. The molecular weight excluding hydrogens is 403 g/mol. The van der Waals surface area contributed by atoms with Gasteiger partial charge < -0.3 is 9.80 Å². The Morgan fingerprint density at radius 1 is 0.963 bits per heavy atom. The van der Waals surface area contributed by atoms with Crippen molar-refractivity contribution in [3.05, 3.63) is 63.5 Å². The molecule has 1 aliphatic rings. The molecule has 1 fully saturated rings. The van der Waals surface area contributed by atoms with Crippen LogP contribution in [0.1, 0.15) is 10.4 Å². The zero-order chi connectivity index (χ0) is 18.8. The van der Waals surface area contributed by atoms with Gasteiger partial charge in [-0.15, -0.1) is 21.5 Å². The molecule has 3 aromatic rings. The lowest BCUT2D eigenvalue weighted by Crippen LogP contribution is -2.49. The Morgan fingerprint density at radius 2 is 1.78 bits per heavy atom. The third-order valence-electron chi connectivity index (χ3n) is 4.48. The topological polar surface area (TPSA) is 49.3 Å². The van der Waals surface area contributed by atoms with Crippen LogP contribution in [0.4, 0.5) is 5.82 Å². The molecule has 0 spiro atoms. The number of benzene rings is 1. The van der Waals surface area contributed by atoms with Crippen LogP contribution in [0.3, 0.4) is 0 Å². The van der Waals surface area contributed by atoms with Crippen molar-refractivity contribution in [3.63, 3.8) is 0 Å². The van der Waals surface area contributed by atoms with Gasteiger partial charge in [-0.3, -0.25) is 4.79 Å². The SMILES string of the molecule is O=C(c1ccc(Cl)c(Cl)c1)N1CCN(c2ccc(-c3cccs3)nn2)CC1. The minimum absolute atomic E-state index is 0.0349. The first kappa shape index (κ1) is 18.2. The van der Waals surface area contributed by atoms with Gasteiger partial charge in [-0.25, -0.2) is 0 Å². The molecule has 1 aliphatic heterocycles. The molecule has 0 radical (unpaired) electrons. The van der Waals surface area contributed by atoms with E-state index in [9.17, 15) is 4.79 Å². The fourth-order valence-electron chi connectivity index (χ4n) is 3.00. The Morgan fingerprint density at radius 3 is 2.41 bits per heavy atom. The summed E-state index contributed by atoms with van der Waals surface area (Å²) in [6.07, 6.45) is 0. The van der Waals surface area contributed by atoms with Crippen molar-refractivity contribution in [2.24, 2.45) is 0 Å². The van der Waals surface area contributed by atoms with E-state index in [1.807, 2.05) is 34.5 Å². The summed E-state index contributed by atoms with van der Waals surface area (Å²) in [5.41, 5.74) is 1.43. The van der Waals surface area contributed by atoms with E-state index in [1.165, 1.54) is 0 Å². The standard InChI is InChI=1S/C19H16Cl2N4OS/c20-14-4-3-13(12-15(14)21)19(26)25-9-7-24(8-10-25)18-6-5-16(22-23-18)17-2-1-11-27-17/h1-6,11-12H,7-10H2. The molecule has 1 amide bonds. The highest BCUT2D eigenvalue weighted by Gasteiger charge is 2.23. The van der Waals surface area contributed by atoms with E-state index in [2.05, 4.69) is 15.1 Å². The quantitative estimate of drug-likeness (QED) is 0.629. The van der Waals surface area contributed by atoms with Crippen molar-refractivity contribution in [3.8, 4) is 10.6 Å². The first-order chi connectivity index (χ1) is 13.1. The van der Waals surface area contributed by atoms with Crippen molar-refractivity contribution in [2.45, 2.75) is 0 Å². The van der Waals surface area contributed by atoms with E-state index < -0.39 is 0 Å². The third kappa shape index (κ3) is 3.93. The summed E-state index contributed by atoms with van der Waals surface area (Å²) in [7, 11) is 0. The summed E-state index contributed by atoms with van der Waals surface area (Å²) < 4.78 is 0. The minimum atomic E-state index is -0.0349. The molecule has 3 heterocycles. The summed E-state index contributed by atoms with van der Waals surface area (Å²) in [6.45, 7) is 2.65. The zero-order valence-corrected chi connectivity index (χ0v) is 16.6. The Labute approximate surface area is 171 Å². The molecule has 138 valence electrons. The normalized spacial score (nSPS) is 14.4. The number of carbonyl (C=O) groups excluding carboxylic acids is 1. The van der Waals surface area contributed by atoms with Crippen LogP contribution in [0.2, 0.25) is 10.0 Å². The van der Waals surface area contributed by atoms with Gasteiger partial charge >= 0.3 is 0 Å². The predicted molar refractivity (Wildman–Crippen MR) is 110 cm³/mol. The Kier molecular flexibility index (Phi) is 5.29. The number of aromatic nitrogens is 2. The van der Waals surface area contributed by atoms with Gasteiger partial charge in [-0.1, -0.05) is 29.3 Å². The number of carbonyl (C=O) groups is 1. The average molecular weight is 419 g/mol. The molecule has 8 heteroatoms. The van der Waals surface area contributed by atoms with E-state index in [-0.39, 0.29) is 5.91 Å². The smallest absolute Gasteiger partial charge is 0.254 e. The van der Waals surface area contributed by atoms with Gasteiger partial charge in [-0.2, -0.15) is 0 Å². The van der Waals surface area contributed by atoms with Crippen molar-refractivity contribution < 1.29 is 4.79 Å². The molecule has 4 rings (SSSR count). The summed E-state index contributed by atoms with van der Waals surface area (Å²) in [5, 5.41) is 11.5. The predicted octanol–water partition coefficient (Wildman–Crippen LogP) is 4.47. The van der Waals surface area contributed by atoms with Crippen LogP contribution < -0.4 is 4.90 Å². The first-order valence-electron chi connectivity index (χ1n) is 8.49. The van der Waals surface area contributed by atoms with Gasteiger partial charge in [0.25, 0.3) is 5.91 Å². The highest BCUT2D eigenvalue weighted by molar-refractivity contribution is 7.13. The highest BCUT2D eigenvalue weighted by atomic mass is 35.5. The van der Waals surface area contributed by atoms with Crippen molar-refractivity contribution in [2.75, 3.05) is 31.1 Å². The second-order valence-corrected chi connectivity index (χ2v) is 7.92. The lowest BCUT2D eigenvalue weighted by atomic mass is 10.2. The molecule has 0 unspecified atom stereocenters. The van der Waals surface area contributed by atoms with Crippen LogP contribution in [0.5, 0.6) is 0 Å². The van der Waals surface area contributed by atoms with Crippen LogP contribution in [0.15, 0.2) is 47.8 Å². The van der Waals surface area contributed by atoms with Crippen LogP contribution in [-0.4, -0.2) is 47.2 Å². The lowest BCUT2D eigenvalue weighted by Gasteiger charge is -2.35. The maximum Gasteiger partial charge on any atom is 0.254 e. The Hall–Kier alpha value is -2.15. The van der Waals surface area contributed by atoms with Crippen LogP contribution >= 0.6 is 34.5 Å². The van der Waals surface area contributed by atoms with Crippen molar-refractivity contribution in [1.29, 1.82) is 0 Å². The number of hydrogen-bond donors (Lipinski definition) is 0. The van der Waals surface area contributed by atoms with Gasteiger partial charge in [-0.05, 0) is 41.8 Å². The third-order valence-corrected chi connectivity index (χ3v) is 6.11. The number of anilines is 1. The highest BCUT2D eigenvalue weighted by Crippen LogP contribution is 2.25. The van der Waals surface area contributed by atoms with E-state index in [0.717, 1.165) is 16.4 Å². The first-order valence-corrected chi connectivity index (χ1v) is 10.1. The summed E-state index contributed by atoms with van der Waals surface area (Å²) in [6, 6.07) is 13.0. The van der Waals surface area contributed by atoms with Gasteiger partial charge in [0.1, 0.15) is 5.69 Å². The van der Waals surface area contributed by atoms with Crippen LogP contribution in [0.25, 0.3) is 10.6 Å². The molecule has 0 saturated carbocycles. The second-order valence-electron chi connectivity index (χ2n) is 6.16. The lowest BCUT2D eigenvalue weighted by molar-refractivity contribution is 0.0746. The van der Waals surface area contributed by atoms with Gasteiger partial charge in [0.15, 0.2) is 5.82 Å². The second kappa shape index (κ2) is 7.84. The van der Waals surface area contributed by atoms with Gasteiger partial charge in [0.2, 0.25) is 0 Å². The van der Waals surface area contributed by atoms with E-state index >= 15 is 0 Å². The largest absolute Gasteiger partial charge is 0.352 e. The monoisotopic (exact) mass is 418 g/mol. The number of halogens is 2. The molecule has 0 bridgehead atoms. The van der Waals surface area contributed by atoms with Crippen LogP contribution in [0, 0.1) is 0 Å². The number of amides is 1. The number of rotatable bonds is 3. The van der Waals surface area contributed by atoms with E-state index in [1.54, 1.807) is 29.5 Å². The number of nitrogens with zero attached hydrogens (tertiary/aromatic N) is 4. The fourth-order valence-corrected chi connectivity index (χ4v) is 3.99. The molecule has 27 heavy (non-hydrogen) atoms. The average Bonchev–Trinajstić information content (AvgIpc) is 3.25. The summed E-state index contributed by atoms with van der Waals surface area (Å²) >= 11 is 13.6.